The first-order chi connectivity index (χ1) is 9.52. The van der Waals surface area contributed by atoms with Gasteiger partial charge in [-0.25, -0.2) is 4.39 Å². The Morgan fingerprint density at radius 1 is 1.25 bits per heavy atom. The van der Waals surface area contributed by atoms with Crippen molar-refractivity contribution in [3.8, 4) is 0 Å². The maximum atomic E-state index is 13.1. The molecule has 0 fully saturated rings. The summed E-state index contributed by atoms with van der Waals surface area (Å²) in [5, 5.41) is 10.6. The molecule has 0 aliphatic heterocycles. The third kappa shape index (κ3) is 3.26. The molecule has 2 aromatic carbocycles. The van der Waals surface area contributed by atoms with Gasteiger partial charge >= 0.3 is 0 Å². The first-order valence-electron chi connectivity index (χ1n) is 6.42. The van der Waals surface area contributed by atoms with Gasteiger partial charge in [0.05, 0.1) is 6.10 Å². The van der Waals surface area contributed by atoms with Gasteiger partial charge in [-0.2, -0.15) is 0 Å². The molecule has 0 heterocycles. The maximum absolute atomic E-state index is 13.1. The first-order valence-corrected chi connectivity index (χ1v) is 7.22. The number of rotatable bonds is 4. The molecule has 0 saturated carbocycles. The number of hydrogen-bond donors (Lipinski definition) is 2. The van der Waals surface area contributed by atoms with Crippen LogP contribution >= 0.6 is 15.9 Å². The zero-order chi connectivity index (χ0) is 14.7. The van der Waals surface area contributed by atoms with E-state index in [0.29, 0.717) is 16.6 Å². The van der Waals surface area contributed by atoms with E-state index in [1.54, 1.807) is 6.07 Å². The smallest absolute Gasteiger partial charge is 0.124 e. The highest BCUT2D eigenvalue weighted by molar-refractivity contribution is 9.10. The Hall–Kier alpha value is -1.23. The highest BCUT2D eigenvalue weighted by atomic mass is 79.9. The van der Waals surface area contributed by atoms with E-state index in [0.717, 1.165) is 11.1 Å². The summed E-state index contributed by atoms with van der Waals surface area (Å²) in [5.74, 6) is -0.565. The van der Waals surface area contributed by atoms with Crippen molar-refractivity contribution < 1.29 is 9.50 Å². The Kier molecular flexibility index (Phi) is 4.91. The normalized spacial score (nSPS) is 14.1. The highest BCUT2D eigenvalue weighted by Crippen LogP contribution is 2.34. The molecule has 4 heteroatoms. The molecule has 3 N–H and O–H groups in total. The highest BCUT2D eigenvalue weighted by Gasteiger charge is 2.23. The minimum atomic E-state index is -0.781. The molecule has 0 aliphatic carbocycles. The first kappa shape index (κ1) is 15.2. The lowest BCUT2D eigenvalue weighted by Gasteiger charge is -2.23. The standard InChI is InChI=1S/C16H17BrFNO/c1-10-3-2-4-11(7-10)14(9-19)16(20)13-6-5-12(18)8-15(13)17/h2-8,14,16,20H,9,19H2,1H3. The summed E-state index contributed by atoms with van der Waals surface area (Å²) in [5.41, 5.74) is 8.57. The number of nitrogens with two attached hydrogens (primary N) is 1. The van der Waals surface area contributed by atoms with Gasteiger partial charge in [-0.15, -0.1) is 0 Å². The summed E-state index contributed by atoms with van der Waals surface area (Å²) >= 11 is 3.29. The van der Waals surface area contributed by atoms with Crippen LogP contribution in [0.4, 0.5) is 4.39 Å². The Bertz CT molecular complexity index is 603. The molecule has 20 heavy (non-hydrogen) atoms. The van der Waals surface area contributed by atoms with Gasteiger partial charge in [-0.1, -0.05) is 51.8 Å². The molecule has 0 amide bonds. The van der Waals surface area contributed by atoms with E-state index in [1.165, 1.54) is 12.1 Å². The van der Waals surface area contributed by atoms with Gasteiger partial charge in [-0.05, 0) is 30.2 Å². The third-order valence-electron chi connectivity index (χ3n) is 3.39. The predicted molar refractivity (Wildman–Crippen MR) is 82.0 cm³/mol. The van der Waals surface area contributed by atoms with Gasteiger partial charge in [0.1, 0.15) is 5.82 Å². The quantitative estimate of drug-likeness (QED) is 0.893. The van der Waals surface area contributed by atoms with Crippen molar-refractivity contribution in [1.29, 1.82) is 0 Å². The van der Waals surface area contributed by atoms with Crippen LogP contribution in [-0.4, -0.2) is 11.7 Å². The average Bonchev–Trinajstić information content (AvgIpc) is 2.39. The Morgan fingerprint density at radius 2 is 2.00 bits per heavy atom. The SMILES string of the molecule is Cc1cccc(C(CN)C(O)c2ccc(F)cc2Br)c1. The third-order valence-corrected chi connectivity index (χ3v) is 4.07. The second-order valence-corrected chi connectivity index (χ2v) is 5.72. The van der Waals surface area contributed by atoms with E-state index in [-0.39, 0.29) is 11.7 Å². The summed E-state index contributed by atoms with van der Waals surface area (Å²) in [6, 6.07) is 12.2. The lowest BCUT2D eigenvalue weighted by molar-refractivity contribution is 0.146. The van der Waals surface area contributed by atoms with Crippen molar-refractivity contribution in [2.45, 2.75) is 18.9 Å². The molecule has 2 unspecified atom stereocenters. The molecule has 2 rings (SSSR count). The minimum absolute atomic E-state index is 0.225. The van der Waals surface area contributed by atoms with Gasteiger partial charge in [0.15, 0.2) is 0 Å². The average molecular weight is 338 g/mol. The number of aliphatic hydroxyl groups is 1. The Balaban J connectivity index is 2.36. The van der Waals surface area contributed by atoms with Crippen LogP contribution in [-0.2, 0) is 0 Å². The van der Waals surface area contributed by atoms with Crippen molar-refractivity contribution in [2.75, 3.05) is 6.54 Å². The van der Waals surface area contributed by atoms with Crippen LogP contribution in [0.1, 0.15) is 28.7 Å². The number of aliphatic hydroxyl groups excluding tert-OH is 1. The molecule has 0 radical (unpaired) electrons. The summed E-state index contributed by atoms with van der Waals surface area (Å²) in [6.07, 6.45) is -0.781. The van der Waals surface area contributed by atoms with Gasteiger partial charge in [-0.3, -0.25) is 0 Å². The van der Waals surface area contributed by atoms with Gasteiger partial charge in [0.2, 0.25) is 0 Å². The molecular weight excluding hydrogens is 321 g/mol. The molecule has 2 aromatic rings. The van der Waals surface area contributed by atoms with Crippen LogP contribution in [0.5, 0.6) is 0 Å². The predicted octanol–water partition coefficient (Wildman–Crippen LogP) is 3.67. The van der Waals surface area contributed by atoms with E-state index < -0.39 is 6.10 Å². The second-order valence-electron chi connectivity index (χ2n) is 4.87. The van der Waals surface area contributed by atoms with E-state index in [9.17, 15) is 9.50 Å². The lowest BCUT2D eigenvalue weighted by Crippen LogP contribution is -2.20. The molecule has 2 atom stereocenters. The topological polar surface area (TPSA) is 46.2 Å². The molecule has 106 valence electrons. The maximum Gasteiger partial charge on any atom is 0.124 e. The van der Waals surface area contributed by atoms with Crippen LogP contribution in [0.15, 0.2) is 46.9 Å². The van der Waals surface area contributed by atoms with Gasteiger partial charge < -0.3 is 10.8 Å². The van der Waals surface area contributed by atoms with E-state index >= 15 is 0 Å². The van der Waals surface area contributed by atoms with Crippen molar-refractivity contribution >= 4 is 15.9 Å². The number of hydrogen-bond acceptors (Lipinski definition) is 2. The monoisotopic (exact) mass is 337 g/mol. The van der Waals surface area contributed by atoms with E-state index in [4.69, 9.17) is 5.73 Å². The zero-order valence-electron chi connectivity index (χ0n) is 11.2. The summed E-state index contributed by atoms with van der Waals surface area (Å²) in [4.78, 5) is 0. The number of aryl methyl sites for hydroxylation is 1. The zero-order valence-corrected chi connectivity index (χ0v) is 12.8. The van der Waals surface area contributed by atoms with E-state index in [2.05, 4.69) is 15.9 Å². The molecule has 0 aromatic heterocycles. The van der Waals surface area contributed by atoms with Crippen molar-refractivity contribution in [1.82, 2.24) is 0 Å². The molecular formula is C16H17BrFNO. The van der Waals surface area contributed by atoms with Crippen LogP contribution in [0.2, 0.25) is 0 Å². The molecule has 0 spiro atoms. The fourth-order valence-electron chi connectivity index (χ4n) is 2.31. The van der Waals surface area contributed by atoms with Crippen molar-refractivity contribution in [3.63, 3.8) is 0 Å². The minimum Gasteiger partial charge on any atom is -0.388 e. The Morgan fingerprint density at radius 3 is 2.60 bits per heavy atom. The van der Waals surface area contributed by atoms with Gasteiger partial charge in [0.25, 0.3) is 0 Å². The number of benzene rings is 2. The summed E-state index contributed by atoms with van der Waals surface area (Å²) in [6.45, 7) is 2.31. The summed E-state index contributed by atoms with van der Waals surface area (Å²) < 4.78 is 13.7. The van der Waals surface area contributed by atoms with Crippen molar-refractivity contribution in [2.24, 2.45) is 5.73 Å². The second kappa shape index (κ2) is 6.48. The summed E-state index contributed by atoms with van der Waals surface area (Å²) in [7, 11) is 0. The largest absolute Gasteiger partial charge is 0.388 e. The van der Waals surface area contributed by atoms with E-state index in [1.807, 2.05) is 31.2 Å². The molecule has 0 saturated heterocycles. The van der Waals surface area contributed by atoms with Gasteiger partial charge in [0, 0.05) is 16.9 Å². The molecule has 0 bridgehead atoms. The van der Waals surface area contributed by atoms with Crippen molar-refractivity contribution in [3.05, 3.63) is 69.4 Å². The molecule has 0 aliphatic rings. The lowest BCUT2D eigenvalue weighted by atomic mass is 9.88. The van der Waals surface area contributed by atoms with Crippen LogP contribution in [0, 0.1) is 12.7 Å². The molecule has 2 nitrogen and oxygen atoms in total. The van der Waals surface area contributed by atoms with Crippen LogP contribution < -0.4 is 5.73 Å². The number of halogens is 2. The fourth-order valence-corrected chi connectivity index (χ4v) is 2.89. The van der Waals surface area contributed by atoms with Crippen LogP contribution in [0.3, 0.4) is 0 Å². The Labute approximate surface area is 126 Å². The fraction of sp³-hybridized carbons (Fsp3) is 0.250. The van der Waals surface area contributed by atoms with Crippen LogP contribution in [0.25, 0.3) is 0 Å².